The molecule has 2 heterocycles. The van der Waals surface area contributed by atoms with E-state index < -0.39 is 5.97 Å². The van der Waals surface area contributed by atoms with Gasteiger partial charge in [0.15, 0.2) is 5.82 Å². The molecule has 0 unspecified atom stereocenters. The molecule has 1 aliphatic rings. The molecule has 4 aromatic rings. The summed E-state index contributed by atoms with van der Waals surface area (Å²) in [4.78, 5) is 35.9. The van der Waals surface area contributed by atoms with Gasteiger partial charge in [-0.1, -0.05) is 66.4 Å². The Bertz CT molecular complexity index is 1600. The number of aliphatic hydroxyl groups excluding tert-OH is 1. The third kappa shape index (κ3) is 5.98. The van der Waals surface area contributed by atoms with E-state index in [9.17, 15) is 14.7 Å². The first-order chi connectivity index (χ1) is 18.9. The number of hydrogen-bond acceptors (Lipinski definition) is 8. The molecule has 0 spiro atoms. The van der Waals surface area contributed by atoms with Crippen LogP contribution in [0.3, 0.4) is 0 Å². The van der Waals surface area contributed by atoms with Gasteiger partial charge in [0, 0.05) is 18.7 Å². The fraction of sp³-hybridized carbons (Fsp3) is 0.138. The molecule has 1 fully saturated rings. The molecule has 8 nitrogen and oxygen atoms in total. The number of nitrogens with one attached hydrogen (secondary N) is 1. The molecule has 1 saturated heterocycles. The Morgan fingerprint density at radius 2 is 1.77 bits per heavy atom. The van der Waals surface area contributed by atoms with E-state index in [1.165, 1.54) is 11.8 Å². The van der Waals surface area contributed by atoms with Gasteiger partial charge < -0.3 is 15.5 Å². The molecule has 1 amide bonds. The minimum atomic E-state index is -0.974. The summed E-state index contributed by atoms with van der Waals surface area (Å²) < 4.78 is 0.487. The van der Waals surface area contributed by atoms with Crippen molar-refractivity contribution in [2.45, 2.75) is 6.42 Å². The van der Waals surface area contributed by atoms with E-state index in [1.54, 1.807) is 29.2 Å². The van der Waals surface area contributed by atoms with Crippen LogP contribution in [0.15, 0.2) is 77.7 Å². The molecule has 0 radical (unpaired) electrons. The minimum Gasteiger partial charge on any atom is -0.478 e. The van der Waals surface area contributed by atoms with Crippen molar-refractivity contribution in [3.8, 4) is 11.3 Å². The smallest absolute Gasteiger partial charge is 0.335 e. The lowest BCUT2D eigenvalue weighted by molar-refractivity contribution is -0.122. The number of thioether (sulfide) groups is 1. The van der Waals surface area contributed by atoms with Crippen LogP contribution in [0.25, 0.3) is 28.4 Å². The van der Waals surface area contributed by atoms with E-state index in [0.29, 0.717) is 40.2 Å². The van der Waals surface area contributed by atoms with Crippen LogP contribution in [0.1, 0.15) is 21.5 Å². The molecule has 0 atom stereocenters. The fourth-order valence-corrected chi connectivity index (χ4v) is 5.48. The van der Waals surface area contributed by atoms with Crippen molar-refractivity contribution >= 4 is 63.1 Å². The van der Waals surface area contributed by atoms with Gasteiger partial charge in [-0.05, 0) is 54.0 Å². The predicted molar refractivity (Wildman–Crippen MR) is 158 cm³/mol. The third-order valence-electron chi connectivity index (χ3n) is 6.13. The average molecular weight is 557 g/mol. The van der Waals surface area contributed by atoms with Crippen molar-refractivity contribution in [1.29, 1.82) is 0 Å². The third-order valence-corrected chi connectivity index (χ3v) is 7.51. The Kier molecular flexibility index (Phi) is 7.97. The minimum absolute atomic E-state index is 0.0382. The summed E-state index contributed by atoms with van der Waals surface area (Å²) in [6.07, 6.45) is 2.37. The molecular weight excluding hydrogens is 532 g/mol. The highest BCUT2D eigenvalue weighted by Crippen LogP contribution is 2.34. The number of anilines is 1. The van der Waals surface area contributed by atoms with Gasteiger partial charge in [-0.25, -0.2) is 14.8 Å². The number of carbonyl (C=O) groups excluding carboxylic acids is 1. The number of benzene rings is 3. The zero-order chi connectivity index (χ0) is 27.4. The lowest BCUT2D eigenvalue weighted by atomic mass is 10.1. The van der Waals surface area contributed by atoms with Crippen LogP contribution >= 0.6 is 24.0 Å². The summed E-state index contributed by atoms with van der Waals surface area (Å²) in [5, 5.41) is 21.5. The Morgan fingerprint density at radius 1 is 1.03 bits per heavy atom. The van der Waals surface area contributed by atoms with Gasteiger partial charge in [0.1, 0.15) is 10.0 Å². The molecule has 5 rings (SSSR count). The van der Waals surface area contributed by atoms with Gasteiger partial charge in [-0.2, -0.15) is 0 Å². The van der Waals surface area contributed by atoms with Gasteiger partial charge >= 0.3 is 5.97 Å². The standard InChI is InChI=1S/C29H24N4O4S2/c34-15-13-30-26-25(31-22-6-1-2-7-23(22)32-26)21-5-3-4-19(16-21)17-24-27(35)33(29(38)39-24)14-12-18-8-10-20(11-9-18)28(36)37/h1-11,16-17,34H,12-15H2,(H,30,32)(H,36,37)/b24-17-. The van der Waals surface area contributed by atoms with Gasteiger partial charge in [-0.15, -0.1) is 0 Å². The average Bonchev–Trinajstić information content (AvgIpc) is 3.21. The molecule has 0 saturated carbocycles. The molecule has 3 N–H and O–H groups in total. The maximum atomic E-state index is 13.2. The van der Waals surface area contributed by atoms with Crippen molar-refractivity contribution in [2.24, 2.45) is 0 Å². The zero-order valence-corrected chi connectivity index (χ0v) is 22.3. The number of carbonyl (C=O) groups is 2. The van der Waals surface area contributed by atoms with Crippen LogP contribution in [0, 0.1) is 0 Å². The maximum absolute atomic E-state index is 13.2. The maximum Gasteiger partial charge on any atom is 0.335 e. The number of carboxylic acid groups (broad SMARTS) is 1. The predicted octanol–water partition coefficient (Wildman–Crippen LogP) is 4.84. The monoisotopic (exact) mass is 556 g/mol. The van der Waals surface area contributed by atoms with E-state index in [2.05, 4.69) is 5.32 Å². The number of thiocarbonyl (C=S) groups is 1. The Balaban J connectivity index is 1.37. The largest absolute Gasteiger partial charge is 0.478 e. The van der Waals surface area contributed by atoms with Crippen LogP contribution in [-0.4, -0.2) is 61.0 Å². The molecule has 0 bridgehead atoms. The topological polar surface area (TPSA) is 116 Å². The van der Waals surface area contributed by atoms with Crippen molar-refractivity contribution < 1.29 is 19.8 Å². The summed E-state index contributed by atoms with van der Waals surface area (Å²) in [7, 11) is 0. The number of aliphatic hydroxyl groups is 1. The number of para-hydroxylation sites is 2. The number of amides is 1. The van der Waals surface area contributed by atoms with Gasteiger partial charge in [-0.3, -0.25) is 9.69 Å². The number of aromatic nitrogens is 2. The molecule has 10 heteroatoms. The fourth-order valence-electron chi connectivity index (χ4n) is 4.17. The first-order valence-electron chi connectivity index (χ1n) is 12.2. The van der Waals surface area contributed by atoms with E-state index in [-0.39, 0.29) is 18.1 Å². The van der Waals surface area contributed by atoms with Crippen LogP contribution in [0.2, 0.25) is 0 Å². The van der Waals surface area contributed by atoms with E-state index in [4.69, 9.17) is 27.3 Å². The number of aromatic carboxylic acids is 1. The number of hydrogen-bond donors (Lipinski definition) is 3. The van der Waals surface area contributed by atoms with Gasteiger partial charge in [0.25, 0.3) is 5.91 Å². The Hall–Kier alpha value is -4.12. The summed E-state index contributed by atoms with van der Waals surface area (Å²) in [5.41, 5.74) is 4.94. The zero-order valence-electron chi connectivity index (χ0n) is 20.7. The molecule has 39 heavy (non-hydrogen) atoms. The van der Waals surface area contributed by atoms with E-state index in [0.717, 1.165) is 27.7 Å². The van der Waals surface area contributed by atoms with Crippen molar-refractivity contribution in [3.63, 3.8) is 0 Å². The number of nitrogens with zero attached hydrogens (tertiary/aromatic N) is 3. The van der Waals surface area contributed by atoms with Crippen LogP contribution in [0.5, 0.6) is 0 Å². The highest BCUT2D eigenvalue weighted by atomic mass is 32.2. The Labute approximate surface area is 234 Å². The molecule has 3 aromatic carbocycles. The molecule has 1 aliphatic heterocycles. The summed E-state index contributed by atoms with van der Waals surface area (Å²) >= 11 is 6.75. The molecule has 0 aliphatic carbocycles. The lowest BCUT2D eigenvalue weighted by Gasteiger charge is -2.14. The molecular formula is C29H24N4O4S2. The second kappa shape index (κ2) is 11.7. The summed E-state index contributed by atoms with van der Waals surface area (Å²) in [5.74, 6) is -0.561. The van der Waals surface area contributed by atoms with Crippen LogP contribution in [0.4, 0.5) is 5.82 Å². The normalized spacial score (nSPS) is 14.4. The Morgan fingerprint density at radius 3 is 2.49 bits per heavy atom. The van der Waals surface area contributed by atoms with Crippen LogP contribution < -0.4 is 5.32 Å². The van der Waals surface area contributed by atoms with Crippen LogP contribution in [-0.2, 0) is 11.2 Å². The molecule has 1 aromatic heterocycles. The second-order valence-corrected chi connectivity index (χ2v) is 10.4. The lowest BCUT2D eigenvalue weighted by Crippen LogP contribution is -2.30. The first kappa shape index (κ1) is 26.5. The highest BCUT2D eigenvalue weighted by molar-refractivity contribution is 8.26. The summed E-state index contributed by atoms with van der Waals surface area (Å²) in [6, 6.07) is 21.9. The SMILES string of the molecule is O=C(O)c1ccc(CCN2C(=O)/C(=C/c3cccc(-c4nc5ccccc5nc4NCCO)c3)SC2=S)cc1. The van der Waals surface area contributed by atoms with Crippen molar-refractivity contribution in [1.82, 2.24) is 14.9 Å². The number of fused-ring (bicyclic) bond motifs is 1. The van der Waals surface area contributed by atoms with E-state index in [1.807, 2.05) is 54.6 Å². The van der Waals surface area contributed by atoms with Gasteiger partial charge in [0.2, 0.25) is 0 Å². The summed E-state index contributed by atoms with van der Waals surface area (Å²) in [6.45, 7) is 0.705. The van der Waals surface area contributed by atoms with Crippen molar-refractivity contribution in [3.05, 3.63) is 94.4 Å². The first-order valence-corrected chi connectivity index (χ1v) is 13.4. The quantitative estimate of drug-likeness (QED) is 0.197. The van der Waals surface area contributed by atoms with E-state index >= 15 is 0 Å². The number of carboxylic acids is 1. The number of rotatable bonds is 9. The van der Waals surface area contributed by atoms with Gasteiger partial charge in [0.05, 0.1) is 28.1 Å². The highest BCUT2D eigenvalue weighted by Gasteiger charge is 2.31. The molecule has 196 valence electrons. The van der Waals surface area contributed by atoms with Crippen molar-refractivity contribution in [2.75, 3.05) is 25.0 Å². The second-order valence-electron chi connectivity index (χ2n) is 8.77.